The average molecular weight is 372 g/mol. The standard InChI is InChI=1S/C20H25FN4O2/c21-15-5-3-14(4-6-15)18-12-19(23-22-18)20(27)24-10-7-16(8-11-24)25-9-1-2-17(26)13-25/h3-6,12,16-17,26H,1-2,7-11,13H2,(H,22,23)/t17-/m0/s1. The van der Waals surface area contributed by atoms with Gasteiger partial charge >= 0.3 is 0 Å². The van der Waals surface area contributed by atoms with E-state index >= 15 is 0 Å². The number of H-pyrrole nitrogens is 1. The molecule has 2 aliphatic heterocycles. The van der Waals surface area contributed by atoms with Crippen molar-refractivity contribution in [3.05, 3.63) is 41.8 Å². The van der Waals surface area contributed by atoms with E-state index in [0.29, 0.717) is 30.5 Å². The normalized spacial score (nSPS) is 22.1. The molecule has 4 rings (SSSR count). The second-order valence-corrected chi connectivity index (χ2v) is 7.49. The molecule has 1 aromatic heterocycles. The van der Waals surface area contributed by atoms with Crippen LogP contribution < -0.4 is 0 Å². The zero-order valence-corrected chi connectivity index (χ0v) is 15.3. The van der Waals surface area contributed by atoms with E-state index in [4.69, 9.17) is 0 Å². The second kappa shape index (κ2) is 7.78. The quantitative estimate of drug-likeness (QED) is 0.867. The zero-order valence-electron chi connectivity index (χ0n) is 15.3. The maximum atomic E-state index is 13.1. The van der Waals surface area contributed by atoms with Gasteiger partial charge in [-0.15, -0.1) is 0 Å². The number of aromatic amines is 1. The molecule has 2 aromatic rings. The smallest absolute Gasteiger partial charge is 0.271 e. The van der Waals surface area contributed by atoms with Gasteiger partial charge in [-0.25, -0.2) is 4.39 Å². The number of aliphatic hydroxyl groups is 1. The first-order valence-electron chi connectivity index (χ1n) is 9.63. The molecule has 0 aliphatic carbocycles. The maximum absolute atomic E-state index is 13.1. The maximum Gasteiger partial charge on any atom is 0.271 e. The van der Waals surface area contributed by atoms with Gasteiger partial charge in [-0.05, 0) is 62.6 Å². The van der Waals surface area contributed by atoms with Crippen LogP contribution in [0.25, 0.3) is 11.3 Å². The molecule has 2 aliphatic rings. The topological polar surface area (TPSA) is 72.5 Å². The van der Waals surface area contributed by atoms with E-state index in [9.17, 15) is 14.3 Å². The molecule has 2 N–H and O–H groups in total. The van der Waals surface area contributed by atoms with Crippen molar-refractivity contribution in [2.45, 2.75) is 37.8 Å². The lowest BCUT2D eigenvalue weighted by Crippen LogP contribution is -2.50. The van der Waals surface area contributed by atoms with Gasteiger partial charge in [-0.2, -0.15) is 5.10 Å². The lowest BCUT2D eigenvalue weighted by Gasteiger charge is -2.41. The minimum atomic E-state index is -0.297. The summed E-state index contributed by atoms with van der Waals surface area (Å²) in [6, 6.07) is 8.24. The molecule has 1 amide bonds. The number of benzene rings is 1. The van der Waals surface area contributed by atoms with Gasteiger partial charge in [-0.3, -0.25) is 14.8 Å². The molecular formula is C20H25FN4O2. The summed E-state index contributed by atoms with van der Waals surface area (Å²) in [6.07, 6.45) is 3.58. The number of nitrogens with one attached hydrogen (secondary N) is 1. The van der Waals surface area contributed by atoms with E-state index in [2.05, 4.69) is 15.1 Å². The Bertz CT molecular complexity index is 784. The van der Waals surface area contributed by atoms with Gasteiger partial charge in [0.1, 0.15) is 11.5 Å². The van der Waals surface area contributed by atoms with Crippen molar-refractivity contribution in [1.82, 2.24) is 20.0 Å². The molecular weight excluding hydrogens is 347 g/mol. The van der Waals surface area contributed by atoms with Crippen LogP contribution >= 0.6 is 0 Å². The molecule has 0 spiro atoms. The zero-order chi connectivity index (χ0) is 18.8. The number of halogens is 1. The summed E-state index contributed by atoms with van der Waals surface area (Å²) in [6.45, 7) is 3.21. The first-order valence-corrected chi connectivity index (χ1v) is 9.63. The number of rotatable bonds is 3. The summed E-state index contributed by atoms with van der Waals surface area (Å²) in [5.74, 6) is -0.345. The highest BCUT2D eigenvalue weighted by Gasteiger charge is 2.30. The molecule has 3 heterocycles. The molecule has 2 fully saturated rings. The molecule has 2 saturated heterocycles. The number of likely N-dealkylation sites (tertiary alicyclic amines) is 2. The molecule has 0 bridgehead atoms. The van der Waals surface area contributed by atoms with E-state index in [-0.39, 0.29) is 17.8 Å². The number of amides is 1. The van der Waals surface area contributed by atoms with Gasteiger partial charge in [0.2, 0.25) is 0 Å². The van der Waals surface area contributed by atoms with Gasteiger partial charge in [0.25, 0.3) is 5.91 Å². The summed E-state index contributed by atoms with van der Waals surface area (Å²) < 4.78 is 13.1. The van der Waals surface area contributed by atoms with Gasteiger partial charge in [0.15, 0.2) is 0 Å². The van der Waals surface area contributed by atoms with Crippen molar-refractivity contribution in [3.63, 3.8) is 0 Å². The number of nitrogens with zero attached hydrogens (tertiary/aromatic N) is 3. The molecule has 0 radical (unpaired) electrons. The van der Waals surface area contributed by atoms with Crippen LogP contribution in [0.1, 0.15) is 36.2 Å². The number of carbonyl (C=O) groups excluding carboxylic acids is 1. The van der Waals surface area contributed by atoms with Crippen molar-refractivity contribution in [2.75, 3.05) is 26.2 Å². The molecule has 144 valence electrons. The Morgan fingerprint density at radius 1 is 1.15 bits per heavy atom. The fourth-order valence-electron chi connectivity index (χ4n) is 4.12. The molecule has 1 atom stereocenters. The summed E-state index contributed by atoms with van der Waals surface area (Å²) in [4.78, 5) is 17.0. The largest absolute Gasteiger partial charge is 0.392 e. The molecule has 6 nitrogen and oxygen atoms in total. The predicted octanol–water partition coefficient (Wildman–Crippen LogP) is 2.28. The Balaban J connectivity index is 1.36. The Hall–Kier alpha value is -2.25. The van der Waals surface area contributed by atoms with Crippen molar-refractivity contribution >= 4 is 5.91 Å². The minimum Gasteiger partial charge on any atom is -0.392 e. The van der Waals surface area contributed by atoms with Crippen LogP contribution in [0.15, 0.2) is 30.3 Å². The number of hydrogen-bond donors (Lipinski definition) is 2. The van der Waals surface area contributed by atoms with E-state index < -0.39 is 0 Å². The molecule has 7 heteroatoms. The van der Waals surface area contributed by atoms with Crippen LogP contribution in [0.4, 0.5) is 4.39 Å². The van der Waals surface area contributed by atoms with Crippen LogP contribution in [-0.2, 0) is 0 Å². The van der Waals surface area contributed by atoms with Crippen molar-refractivity contribution in [3.8, 4) is 11.3 Å². The Morgan fingerprint density at radius 3 is 2.59 bits per heavy atom. The summed E-state index contributed by atoms with van der Waals surface area (Å²) in [5, 5.41) is 16.9. The second-order valence-electron chi connectivity index (χ2n) is 7.49. The Morgan fingerprint density at radius 2 is 1.89 bits per heavy atom. The van der Waals surface area contributed by atoms with Crippen LogP contribution in [0.2, 0.25) is 0 Å². The molecule has 27 heavy (non-hydrogen) atoms. The average Bonchev–Trinajstić information content (AvgIpc) is 3.18. The number of hydrogen-bond acceptors (Lipinski definition) is 4. The summed E-state index contributed by atoms with van der Waals surface area (Å²) in [7, 11) is 0. The van der Waals surface area contributed by atoms with Crippen LogP contribution in [0, 0.1) is 5.82 Å². The first-order chi connectivity index (χ1) is 13.1. The van der Waals surface area contributed by atoms with E-state index in [0.717, 1.165) is 44.3 Å². The number of aliphatic hydroxyl groups excluding tert-OH is 1. The van der Waals surface area contributed by atoms with Crippen molar-refractivity contribution in [2.24, 2.45) is 0 Å². The Kier molecular flexibility index (Phi) is 5.22. The highest BCUT2D eigenvalue weighted by Crippen LogP contribution is 2.23. The van der Waals surface area contributed by atoms with E-state index in [1.54, 1.807) is 18.2 Å². The first kappa shape index (κ1) is 18.1. The lowest BCUT2D eigenvalue weighted by atomic mass is 9.99. The van der Waals surface area contributed by atoms with E-state index in [1.165, 1.54) is 12.1 Å². The van der Waals surface area contributed by atoms with E-state index in [1.807, 2.05) is 4.90 Å². The molecule has 0 unspecified atom stereocenters. The van der Waals surface area contributed by atoms with Gasteiger partial charge in [0.05, 0.1) is 11.8 Å². The van der Waals surface area contributed by atoms with Gasteiger partial charge in [-0.1, -0.05) is 0 Å². The highest BCUT2D eigenvalue weighted by atomic mass is 19.1. The van der Waals surface area contributed by atoms with Crippen LogP contribution in [0.3, 0.4) is 0 Å². The van der Waals surface area contributed by atoms with Crippen LogP contribution in [-0.4, -0.2) is 69.3 Å². The third kappa shape index (κ3) is 4.04. The van der Waals surface area contributed by atoms with Crippen LogP contribution in [0.5, 0.6) is 0 Å². The predicted molar refractivity (Wildman–Crippen MR) is 99.7 cm³/mol. The number of aromatic nitrogens is 2. The third-order valence-corrected chi connectivity index (χ3v) is 5.64. The monoisotopic (exact) mass is 372 g/mol. The van der Waals surface area contributed by atoms with Crippen molar-refractivity contribution < 1.29 is 14.3 Å². The summed E-state index contributed by atoms with van der Waals surface area (Å²) in [5.41, 5.74) is 1.87. The number of piperidine rings is 2. The third-order valence-electron chi connectivity index (χ3n) is 5.64. The Labute approximate surface area is 158 Å². The van der Waals surface area contributed by atoms with Crippen molar-refractivity contribution in [1.29, 1.82) is 0 Å². The molecule has 0 saturated carbocycles. The fourth-order valence-corrected chi connectivity index (χ4v) is 4.12. The number of carbonyl (C=O) groups is 1. The highest BCUT2D eigenvalue weighted by molar-refractivity contribution is 5.93. The van der Waals surface area contributed by atoms with Gasteiger partial charge in [0, 0.05) is 31.2 Å². The minimum absolute atomic E-state index is 0.0482. The molecule has 1 aromatic carbocycles. The summed E-state index contributed by atoms with van der Waals surface area (Å²) >= 11 is 0. The lowest BCUT2D eigenvalue weighted by molar-refractivity contribution is 0.0239. The SMILES string of the molecule is O=C(c1cc(-c2ccc(F)cc2)n[nH]1)N1CCC(N2CCC[C@H](O)C2)CC1. The van der Waals surface area contributed by atoms with Gasteiger partial charge < -0.3 is 10.0 Å². The fraction of sp³-hybridized carbons (Fsp3) is 0.500. The number of β-amino-alcohol motifs (C(OH)–C–C–N with tert-alkyl or cyclic N) is 1.